The van der Waals surface area contributed by atoms with Crippen LogP contribution in [0.1, 0.15) is 54.0 Å². The molecule has 1 heterocycles. The third kappa shape index (κ3) is 5.67. The van der Waals surface area contributed by atoms with Crippen LogP contribution in [-0.4, -0.2) is 29.3 Å². The Bertz CT molecular complexity index is 1350. The zero-order chi connectivity index (χ0) is 25.9. The SMILES string of the molecule is CCOC(=O)c1c(NC(=O)c2ccc(C)c([N+](=O)[O-])c2)sc(C(=O)Nc2ccc(C)c(Cl)c2)c1C. The van der Waals surface area contributed by atoms with Crippen molar-refractivity contribution in [1.82, 2.24) is 0 Å². The number of thiophene rings is 1. The van der Waals surface area contributed by atoms with Gasteiger partial charge in [-0.2, -0.15) is 0 Å². The van der Waals surface area contributed by atoms with Crippen molar-refractivity contribution in [3.63, 3.8) is 0 Å². The normalized spacial score (nSPS) is 10.5. The third-order valence-electron chi connectivity index (χ3n) is 5.16. The number of carbonyl (C=O) groups excluding carboxylic acids is 3. The summed E-state index contributed by atoms with van der Waals surface area (Å²) in [6.07, 6.45) is 0. The van der Waals surface area contributed by atoms with Crippen molar-refractivity contribution in [2.75, 3.05) is 17.2 Å². The van der Waals surface area contributed by atoms with Crippen molar-refractivity contribution in [1.29, 1.82) is 0 Å². The molecule has 3 aromatic rings. The molecule has 9 nitrogen and oxygen atoms in total. The summed E-state index contributed by atoms with van der Waals surface area (Å²) in [5.74, 6) is -1.87. The number of hydrogen-bond acceptors (Lipinski definition) is 7. The van der Waals surface area contributed by atoms with Crippen molar-refractivity contribution in [2.24, 2.45) is 0 Å². The van der Waals surface area contributed by atoms with E-state index >= 15 is 0 Å². The Labute approximate surface area is 210 Å². The standard InChI is InChI=1S/C24H22ClN3O6S/c1-5-34-24(31)19-14(4)20(22(30)26-16-9-7-12(2)17(25)11-16)35-23(19)27-21(29)15-8-6-13(3)18(10-15)28(32)33/h6-11H,5H2,1-4H3,(H,26,30)(H,27,29). The molecule has 0 aliphatic carbocycles. The molecule has 0 saturated carbocycles. The zero-order valence-corrected chi connectivity index (χ0v) is 20.9. The summed E-state index contributed by atoms with van der Waals surface area (Å²) in [5, 5.41) is 17.2. The maximum atomic E-state index is 13.0. The van der Waals surface area contributed by atoms with Gasteiger partial charge >= 0.3 is 5.97 Å². The summed E-state index contributed by atoms with van der Waals surface area (Å²) >= 11 is 7.04. The lowest BCUT2D eigenvalue weighted by atomic mass is 10.1. The monoisotopic (exact) mass is 515 g/mol. The Morgan fingerprint density at radius 2 is 1.71 bits per heavy atom. The van der Waals surface area contributed by atoms with Gasteiger partial charge in [-0.1, -0.05) is 23.7 Å². The summed E-state index contributed by atoms with van der Waals surface area (Å²) in [6.45, 7) is 6.70. The molecule has 2 amide bonds. The number of carbonyl (C=O) groups is 3. The summed E-state index contributed by atoms with van der Waals surface area (Å²) in [7, 11) is 0. The number of hydrogen-bond donors (Lipinski definition) is 2. The van der Waals surface area contributed by atoms with Crippen molar-refractivity contribution in [3.05, 3.63) is 84.2 Å². The van der Waals surface area contributed by atoms with Gasteiger partial charge in [0.05, 0.1) is 22.0 Å². The second kappa shape index (κ2) is 10.7. The van der Waals surface area contributed by atoms with E-state index in [4.69, 9.17) is 16.3 Å². The summed E-state index contributed by atoms with van der Waals surface area (Å²) < 4.78 is 5.12. The van der Waals surface area contributed by atoms with Gasteiger partial charge in [-0.15, -0.1) is 11.3 Å². The van der Waals surface area contributed by atoms with E-state index in [2.05, 4.69) is 10.6 Å². The van der Waals surface area contributed by atoms with Crippen molar-refractivity contribution in [3.8, 4) is 0 Å². The molecule has 3 rings (SSSR count). The van der Waals surface area contributed by atoms with Crippen LogP contribution < -0.4 is 10.6 Å². The third-order valence-corrected chi connectivity index (χ3v) is 6.77. The van der Waals surface area contributed by atoms with Crippen LogP contribution in [0.15, 0.2) is 36.4 Å². The van der Waals surface area contributed by atoms with Gasteiger partial charge in [0.15, 0.2) is 0 Å². The Balaban J connectivity index is 1.97. The molecule has 182 valence electrons. The summed E-state index contributed by atoms with van der Waals surface area (Å²) in [4.78, 5) is 49.4. The molecule has 0 unspecified atom stereocenters. The Hall–Kier alpha value is -3.76. The zero-order valence-electron chi connectivity index (χ0n) is 19.4. The number of nitrogens with one attached hydrogen (secondary N) is 2. The van der Waals surface area contributed by atoms with E-state index in [1.165, 1.54) is 12.1 Å². The second-order valence-electron chi connectivity index (χ2n) is 7.61. The Morgan fingerprint density at radius 1 is 1.03 bits per heavy atom. The van der Waals surface area contributed by atoms with Crippen LogP contribution in [0.2, 0.25) is 5.02 Å². The van der Waals surface area contributed by atoms with E-state index in [9.17, 15) is 24.5 Å². The molecule has 0 radical (unpaired) electrons. The van der Waals surface area contributed by atoms with Gasteiger partial charge in [0.1, 0.15) is 5.00 Å². The molecule has 0 fully saturated rings. The minimum atomic E-state index is -0.705. The quantitative estimate of drug-likeness (QED) is 0.228. The van der Waals surface area contributed by atoms with Crippen LogP contribution in [0.3, 0.4) is 0 Å². The molecule has 1 aromatic heterocycles. The number of nitro benzene ring substituents is 1. The van der Waals surface area contributed by atoms with E-state index in [1.54, 1.807) is 39.0 Å². The first-order valence-electron chi connectivity index (χ1n) is 10.5. The van der Waals surface area contributed by atoms with Crippen molar-refractivity contribution >= 4 is 57.1 Å². The first kappa shape index (κ1) is 25.9. The van der Waals surface area contributed by atoms with Crippen LogP contribution in [0.5, 0.6) is 0 Å². The highest BCUT2D eigenvalue weighted by Gasteiger charge is 2.27. The highest BCUT2D eigenvalue weighted by atomic mass is 35.5. The molecule has 0 bridgehead atoms. The Morgan fingerprint density at radius 3 is 2.34 bits per heavy atom. The largest absolute Gasteiger partial charge is 0.462 e. The fourth-order valence-electron chi connectivity index (χ4n) is 3.25. The molecular formula is C24H22ClN3O6S. The minimum absolute atomic E-state index is 0.0310. The van der Waals surface area contributed by atoms with E-state index in [0.29, 0.717) is 21.8 Å². The first-order chi connectivity index (χ1) is 16.5. The number of rotatable bonds is 7. The van der Waals surface area contributed by atoms with Crippen molar-refractivity contribution < 1.29 is 24.0 Å². The van der Waals surface area contributed by atoms with E-state index in [-0.39, 0.29) is 33.3 Å². The van der Waals surface area contributed by atoms with Gasteiger partial charge < -0.3 is 15.4 Å². The van der Waals surface area contributed by atoms with Gasteiger partial charge in [0.25, 0.3) is 17.5 Å². The number of anilines is 2. The number of amides is 2. The molecule has 0 spiro atoms. The second-order valence-corrected chi connectivity index (χ2v) is 9.04. The van der Waals surface area contributed by atoms with Crippen LogP contribution >= 0.6 is 22.9 Å². The average molecular weight is 516 g/mol. The molecule has 2 aromatic carbocycles. The fourth-order valence-corrected chi connectivity index (χ4v) is 4.51. The fraction of sp³-hybridized carbons (Fsp3) is 0.208. The predicted octanol–water partition coefficient (Wildman–Crippen LogP) is 5.92. The smallest absolute Gasteiger partial charge is 0.341 e. The molecule has 0 saturated heterocycles. The van der Waals surface area contributed by atoms with Crippen molar-refractivity contribution in [2.45, 2.75) is 27.7 Å². The predicted molar refractivity (Wildman–Crippen MR) is 135 cm³/mol. The number of benzene rings is 2. The molecule has 11 heteroatoms. The molecular weight excluding hydrogens is 494 g/mol. The highest BCUT2D eigenvalue weighted by molar-refractivity contribution is 7.19. The highest BCUT2D eigenvalue weighted by Crippen LogP contribution is 2.35. The molecule has 0 aliphatic heterocycles. The van der Waals surface area contributed by atoms with Gasteiger partial charge in [-0.3, -0.25) is 19.7 Å². The Kier molecular flexibility index (Phi) is 7.88. The van der Waals surface area contributed by atoms with Gasteiger partial charge in [-0.05, 0) is 57.0 Å². The lowest BCUT2D eigenvalue weighted by molar-refractivity contribution is -0.385. The lowest BCUT2D eigenvalue weighted by Crippen LogP contribution is -2.15. The number of nitrogens with zero attached hydrogens (tertiary/aromatic N) is 1. The molecule has 0 aliphatic rings. The lowest BCUT2D eigenvalue weighted by Gasteiger charge is -2.08. The minimum Gasteiger partial charge on any atom is -0.462 e. The van der Waals surface area contributed by atoms with E-state index in [0.717, 1.165) is 23.0 Å². The number of aryl methyl sites for hydroxylation is 2. The van der Waals surface area contributed by atoms with E-state index < -0.39 is 22.7 Å². The number of ether oxygens (including phenoxy) is 1. The van der Waals surface area contributed by atoms with Crippen LogP contribution in [0.4, 0.5) is 16.4 Å². The van der Waals surface area contributed by atoms with E-state index in [1.807, 2.05) is 6.92 Å². The summed E-state index contributed by atoms with van der Waals surface area (Å²) in [6, 6.07) is 9.12. The summed E-state index contributed by atoms with van der Waals surface area (Å²) in [5.41, 5.74) is 1.91. The maximum absolute atomic E-state index is 13.0. The van der Waals surface area contributed by atoms with Crippen LogP contribution in [-0.2, 0) is 4.74 Å². The van der Waals surface area contributed by atoms with Gasteiger partial charge in [0.2, 0.25) is 0 Å². The number of esters is 1. The average Bonchev–Trinajstić information content (AvgIpc) is 3.12. The number of halogens is 1. The van der Waals surface area contributed by atoms with Gasteiger partial charge in [-0.25, -0.2) is 4.79 Å². The molecule has 35 heavy (non-hydrogen) atoms. The number of nitro groups is 1. The van der Waals surface area contributed by atoms with Gasteiger partial charge in [0, 0.05) is 27.9 Å². The molecule has 0 atom stereocenters. The first-order valence-corrected chi connectivity index (χ1v) is 11.7. The topological polar surface area (TPSA) is 128 Å². The molecule has 2 N–H and O–H groups in total. The van der Waals surface area contributed by atoms with Crippen LogP contribution in [0, 0.1) is 30.9 Å². The van der Waals surface area contributed by atoms with Crippen LogP contribution in [0.25, 0.3) is 0 Å². The maximum Gasteiger partial charge on any atom is 0.341 e.